The van der Waals surface area contributed by atoms with Gasteiger partial charge in [0.15, 0.2) is 0 Å². The van der Waals surface area contributed by atoms with Crippen LogP contribution >= 0.6 is 0 Å². The lowest BCUT2D eigenvalue weighted by Crippen LogP contribution is -2.06. The molecular formula is C24H19FO4. The van der Waals surface area contributed by atoms with Crippen LogP contribution in [-0.2, 0) is 6.61 Å². The third kappa shape index (κ3) is 3.72. The fourth-order valence-electron chi connectivity index (χ4n) is 3.29. The van der Waals surface area contributed by atoms with Crippen molar-refractivity contribution in [2.75, 3.05) is 7.11 Å². The zero-order chi connectivity index (χ0) is 20.4. The molecule has 0 atom stereocenters. The minimum Gasteiger partial charge on any atom is -0.497 e. The Balaban J connectivity index is 1.71. The Morgan fingerprint density at radius 3 is 2.41 bits per heavy atom. The maximum absolute atomic E-state index is 13.8. The highest BCUT2D eigenvalue weighted by Gasteiger charge is 2.14. The van der Waals surface area contributed by atoms with Gasteiger partial charge in [-0.25, -0.2) is 9.18 Å². The molecule has 3 aromatic carbocycles. The van der Waals surface area contributed by atoms with E-state index in [0.717, 1.165) is 16.5 Å². The number of aryl methyl sites for hydroxylation is 1. The smallest absolute Gasteiger partial charge is 0.344 e. The van der Waals surface area contributed by atoms with Crippen LogP contribution in [0.1, 0.15) is 11.1 Å². The SMILES string of the molecule is COc1ccc(-c2c(C)c3cc(OCc4ccccc4F)ccc3oc2=O)cc1. The lowest BCUT2D eigenvalue weighted by molar-refractivity contribution is 0.300. The Labute approximate surface area is 167 Å². The standard InChI is InChI=1S/C24H19FO4/c1-15-20-13-19(28-14-17-5-3-4-6-21(17)25)11-12-22(20)29-24(26)23(15)16-7-9-18(27-2)10-8-16/h3-13H,14H2,1-2H3. The highest BCUT2D eigenvalue weighted by Crippen LogP contribution is 2.30. The number of hydrogen-bond acceptors (Lipinski definition) is 4. The average Bonchev–Trinajstić information content (AvgIpc) is 2.74. The van der Waals surface area contributed by atoms with E-state index in [-0.39, 0.29) is 12.4 Å². The summed E-state index contributed by atoms with van der Waals surface area (Å²) < 4.78 is 30.3. The molecule has 0 radical (unpaired) electrons. The van der Waals surface area contributed by atoms with Crippen LogP contribution in [-0.4, -0.2) is 7.11 Å². The van der Waals surface area contributed by atoms with E-state index < -0.39 is 5.63 Å². The number of fused-ring (bicyclic) bond motifs is 1. The topological polar surface area (TPSA) is 48.7 Å². The van der Waals surface area contributed by atoms with Gasteiger partial charge in [-0.05, 0) is 54.4 Å². The van der Waals surface area contributed by atoms with Crippen LogP contribution in [0.4, 0.5) is 4.39 Å². The second kappa shape index (κ2) is 7.80. The van der Waals surface area contributed by atoms with Crippen molar-refractivity contribution in [2.45, 2.75) is 13.5 Å². The van der Waals surface area contributed by atoms with Crippen LogP contribution in [0.25, 0.3) is 22.1 Å². The highest BCUT2D eigenvalue weighted by atomic mass is 19.1. The van der Waals surface area contributed by atoms with Gasteiger partial charge in [0.25, 0.3) is 0 Å². The molecule has 146 valence electrons. The van der Waals surface area contributed by atoms with Crippen LogP contribution in [0.2, 0.25) is 0 Å². The van der Waals surface area contributed by atoms with Gasteiger partial charge >= 0.3 is 5.63 Å². The largest absolute Gasteiger partial charge is 0.497 e. The third-order valence-corrected chi connectivity index (χ3v) is 4.87. The van der Waals surface area contributed by atoms with E-state index in [1.807, 2.05) is 25.1 Å². The fourth-order valence-corrected chi connectivity index (χ4v) is 3.29. The summed E-state index contributed by atoms with van der Waals surface area (Å²) in [7, 11) is 1.59. The van der Waals surface area contributed by atoms with E-state index in [2.05, 4.69) is 0 Å². The Bertz CT molecular complexity index is 1230. The van der Waals surface area contributed by atoms with Gasteiger partial charge in [-0.2, -0.15) is 0 Å². The summed E-state index contributed by atoms with van der Waals surface area (Å²) in [5.74, 6) is 0.969. The summed E-state index contributed by atoms with van der Waals surface area (Å²) in [6.45, 7) is 1.98. The predicted molar refractivity (Wildman–Crippen MR) is 110 cm³/mol. The van der Waals surface area contributed by atoms with Crippen LogP contribution in [0.3, 0.4) is 0 Å². The number of ether oxygens (including phenoxy) is 2. The molecule has 0 aliphatic rings. The summed E-state index contributed by atoms with van der Waals surface area (Å²) in [4.78, 5) is 12.6. The van der Waals surface area contributed by atoms with Crippen LogP contribution in [0.15, 0.2) is 75.9 Å². The highest BCUT2D eigenvalue weighted by molar-refractivity contribution is 5.87. The van der Waals surface area contributed by atoms with E-state index in [0.29, 0.717) is 28.2 Å². The van der Waals surface area contributed by atoms with E-state index >= 15 is 0 Å². The van der Waals surface area contributed by atoms with E-state index in [1.54, 1.807) is 49.6 Å². The minimum atomic E-state index is -0.403. The first-order valence-corrected chi connectivity index (χ1v) is 9.15. The first-order chi connectivity index (χ1) is 14.1. The molecule has 0 saturated heterocycles. The molecule has 0 N–H and O–H groups in total. The number of halogens is 1. The van der Waals surface area contributed by atoms with Crippen molar-refractivity contribution in [1.82, 2.24) is 0 Å². The third-order valence-electron chi connectivity index (χ3n) is 4.87. The molecule has 0 aliphatic heterocycles. The summed E-state index contributed by atoms with van der Waals surface area (Å²) in [5, 5.41) is 0.765. The molecule has 0 saturated carbocycles. The van der Waals surface area contributed by atoms with Gasteiger partial charge < -0.3 is 13.9 Å². The minimum absolute atomic E-state index is 0.110. The lowest BCUT2D eigenvalue weighted by atomic mass is 9.99. The molecule has 1 heterocycles. The molecule has 4 rings (SSSR count). The number of methoxy groups -OCH3 is 1. The molecule has 4 nitrogen and oxygen atoms in total. The molecule has 5 heteroatoms. The zero-order valence-corrected chi connectivity index (χ0v) is 16.1. The van der Waals surface area contributed by atoms with Gasteiger partial charge in [-0.1, -0.05) is 30.3 Å². The fraction of sp³-hybridized carbons (Fsp3) is 0.125. The van der Waals surface area contributed by atoms with Gasteiger partial charge in [-0.15, -0.1) is 0 Å². The number of benzene rings is 3. The van der Waals surface area contributed by atoms with Crippen LogP contribution < -0.4 is 15.1 Å². The van der Waals surface area contributed by atoms with E-state index in [4.69, 9.17) is 13.9 Å². The van der Waals surface area contributed by atoms with Crippen LogP contribution in [0, 0.1) is 12.7 Å². The van der Waals surface area contributed by atoms with E-state index in [9.17, 15) is 9.18 Å². The summed E-state index contributed by atoms with van der Waals surface area (Å²) >= 11 is 0. The average molecular weight is 390 g/mol. The van der Waals surface area contributed by atoms with Crippen molar-refractivity contribution in [1.29, 1.82) is 0 Å². The monoisotopic (exact) mass is 390 g/mol. The molecule has 29 heavy (non-hydrogen) atoms. The van der Waals surface area contributed by atoms with Gasteiger partial charge in [0, 0.05) is 10.9 Å². The maximum Gasteiger partial charge on any atom is 0.344 e. The van der Waals surface area contributed by atoms with E-state index in [1.165, 1.54) is 6.07 Å². The van der Waals surface area contributed by atoms with Crippen molar-refractivity contribution < 1.29 is 18.3 Å². The Hall–Kier alpha value is -3.60. The normalized spacial score (nSPS) is 10.9. The van der Waals surface area contributed by atoms with Gasteiger partial charge in [0.2, 0.25) is 0 Å². The molecule has 0 fully saturated rings. The Morgan fingerprint density at radius 2 is 1.69 bits per heavy atom. The molecule has 0 amide bonds. The summed E-state index contributed by atoms with van der Waals surface area (Å²) in [5.41, 5.74) is 2.58. The van der Waals surface area contributed by atoms with Gasteiger partial charge in [0.1, 0.15) is 29.5 Å². The number of hydrogen-bond donors (Lipinski definition) is 0. The molecule has 0 spiro atoms. The Morgan fingerprint density at radius 1 is 0.966 bits per heavy atom. The summed E-state index contributed by atoms with van der Waals surface area (Å²) in [6.07, 6.45) is 0. The van der Waals surface area contributed by atoms with Crippen molar-refractivity contribution >= 4 is 11.0 Å². The second-order valence-electron chi connectivity index (χ2n) is 6.66. The van der Waals surface area contributed by atoms with Crippen molar-refractivity contribution in [3.63, 3.8) is 0 Å². The molecule has 0 bridgehead atoms. The second-order valence-corrected chi connectivity index (χ2v) is 6.66. The van der Waals surface area contributed by atoms with Crippen LogP contribution in [0.5, 0.6) is 11.5 Å². The predicted octanol–water partition coefficient (Wildman–Crippen LogP) is 5.50. The zero-order valence-electron chi connectivity index (χ0n) is 16.1. The first-order valence-electron chi connectivity index (χ1n) is 9.15. The molecule has 0 aliphatic carbocycles. The van der Waals surface area contributed by atoms with Crippen molar-refractivity contribution in [2.24, 2.45) is 0 Å². The van der Waals surface area contributed by atoms with Gasteiger partial charge in [-0.3, -0.25) is 0 Å². The Kier molecular flexibility index (Phi) is 5.04. The summed E-state index contributed by atoms with van der Waals surface area (Å²) in [6, 6.07) is 18.9. The molecule has 1 aromatic heterocycles. The molecular weight excluding hydrogens is 371 g/mol. The lowest BCUT2D eigenvalue weighted by Gasteiger charge is -2.11. The van der Waals surface area contributed by atoms with Crippen molar-refractivity contribution in [3.05, 3.63) is 94.1 Å². The maximum atomic E-state index is 13.8. The number of rotatable bonds is 5. The molecule has 4 aromatic rings. The van der Waals surface area contributed by atoms with Crippen molar-refractivity contribution in [3.8, 4) is 22.6 Å². The van der Waals surface area contributed by atoms with Gasteiger partial charge in [0.05, 0.1) is 12.7 Å². The quantitative estimate of drug-likeness (QED) is 0.423. The first kappa shape index (κ1) is 18.7. The molecule has 0 unspecified atom stereocenters.